The Balaban J connectivity index is 1.28. The Morgan fingerprint density at radius 2 is 1.89 bits per heavy atom. The fraction of sp³-hybridized carbons (Fsp3) is 0.423. The number of fused-ring (bicyclic) bond motifs is 1. The van der Waals surface area contributed by atoms with Gasteiger partial charge in [-0.25, -0.2) is 9.97 Å². The largest absolute Gasteiger partial charge is 0.493 e. The number of nitrogens with zero attached hydrogens (tertiary/aromatic N) is 4. The molecule has 1 unspecified atom stereocenters. The van der Waals surface area contributed by atoms with Gasteiger partial charge in [0.1, 0.15) is 24.9 Å². The van der Waals surface area contributed by atoms with Gasteiger partial charge in [0.25, 0.3) is 0 Å². The average molecular weight is 545 g/mol. The highest BCUT2D eigenvalue weighted by atomic mass is 35.5. The van der Waals surface area contributed by atoms with E-state index < -0.39 is 0 Å². The Kier molecular flexibility index (Phi) is 8.02. The first-order valence-corrected chi connectivity index (χ1v) is 13.1. The zero-order chi connectivity index (χ0) is 25.8. The predicted octanol–water partition coefficient (Wildman–Crippen LogP) is 5.19. The Hall–Kier alpha value is -3.01. The molecule has 196 valence electrons. The molecule has 3 heterocycles. The van der Waals surface area contributed by atoms with Crippen LogP contribution in [0.4, 0.5) is 11.5 Å². The quantitative estimate of drug-likeness (QED) is 0.323. The zero-order valence-electron chi connectivity index (χ0n) is 20.7. The number of rotatable bonds is 6. The minimum Gasteiger partial charge on any atom is -0.493 e. The maximum Gasteiger partial charge on any atom is 0.193 e. The first-order chi connectivity index (χ1) is 18.0. The summed E-state index contributed by atoms with van der Waals surface area (Å²) in [6.45, 7) is 4.15. The van der Waals surface area contributed by atoms with E-state index in [2.05, 4.69) is 25.1 Å². The van der Waals surface area contributed by atoms with Crippen LogP contribution in [0.5, 0.6) is 11.5 Å². The van der Waals surface area contributed by atoms with Crippen LogP contribution in [0.15, 0.2) is 36.7 Å². The number of methoxy groups -OCH3 is 1. The van der Waals surface area contributed by atoms with Gasteiger partial charge >= 0.3 is 0 Å². The second-order valence-corrected chi connectivity index (χ2v) is 9.93. The molecule has 2 fully saturated rings. The highest BCUT2D eigenvalue weighted by Gasteiger charge is 2.27. The van der Waals surface area contributed by atoms with Crippen LogP contribution in [0.2, 0.25) is 10.0 Å². The molecule has 2 aromatic carbocycles. The third-order valence-electron chi connectivity index (χ3n) is 6.62. The molecule has 11 heteroatoms. The molecule has 0 amide bonds. The summed E-state index contributed by atoms with van der Waals surface area (Å²) in [5.41, 5.74) is 1.45. The summed E-state index contributed by atoms with van der Waals surface area (Å²) in [7, 11) is 1.60. The van der Waals surface area contributed by atoms with E-state index in [4.69, 9.17) is 42.8 Å². The number of ether oxygens (including phenoxy) is 3. The molecule has 3 aromatic rings. The molecule has 2 saturated heterocycles. The van der Waals surface area contributed by atoms with E-state index in [9.17, 15) is 0 Å². The Bertz CT molecular complexity index is 1270. The summed E-state index contributed by atoms with van der Waals surface area (Å²) in [6, 6.07) is 8.99. The monoisotopic (exact) mass is 544 g/mol. The number of likely N-dealkylation sites (tertiary alicyclic amines) is 1. The van der Waals surface area contributed by atoms with Crippen molar-refractivity contribution in [2.45, 2.75) is 25.4 Å². The molecule has 9 nitrogen and oxygen atoms in total. The maximum absolute atomic E-state index is 8.64. The lowest BCUT2D eigenvalue weighted by atomic mass is 10.1. The number of benzene rings is 2. The van der Waals surface area contributed by atoms with Crippen molar-refractivity contribution in [3.8, 4) is 11.5 Å². The van der Waals surface area contributed by atoms with Crippen LogP contribution in [0.25, 0.3) is 10.9 Å². The molecular formula is C26H30Cl2N6O3. The molecule has 2 aliphatic rings. The van der Waals surface area contributed by atoms with E-state index in [1.54, 1.807) is 19.2 Å². The molecule has 0 spiro atoms. The van der Waals surface area contributed by atoms with Crippen molar-refractivity contribution in [2.24, 2.45) is 0 Å². The Labute approximate surface area is 226 Å². The molecule has 0 saturated carbocycles. The van der Waals surface area contributed by atoms with Crippen molar-refractivity contribution in [1.82, 2.24) is 19.8 Å². The number of hydrogen-bond acceptors (Lipinski definition) is 7. The second kappa shape index (κ2) is 11.6. The third-order valence-corrected chi connectivity index (χ3v) is 7.36. The lowest BCUT2D eigenvalue weighted by Gasteiger charge is -2.39. The number of morpholine rings is 1. The Morgan fingerprint density at radius 1 is 1.05 bits per heavy atom. The first-order valence-electron chi connectivity index (χ1n) is 12.4. The molecule has 2 N–H and O–H groups in total. The van der Waals surface area contributed by atoms with Crippen molar-refractivity contribution < 1.29 is 14.2 Å². The van der Waals surface area contributed by atoms with Crippen LogP contribution in [0.1, 0.15) is 19.3 Å². The smallest absolute Gasteiger partial charge is 0.193 e. The van der Waals surface area contributed by atoms with E-state index in [0.717, 1.165) is 43.5 Å². The lowest BCUT2D eigenvalue weighted by Crippen LogP contribution is -2.53. The van der Waals surface area contributed by atoms with E-state index in [1.807, 2.05) is 18.2 Å². The fourth-order valence-corrected chi connectivity index (χ4v) is 4.95. The van der Waals surface area contributed by atoms with Crippen molar-refractivity contribution >= 4 is 51.6 Å². The van der Waals surface area contributed by atoms with Crippen molar-refractivity contribution in [3.63, 3.8) is 0 Å². The van der Waals surface area contributed by atoms with Gasteiger partial charge in [0.2, 0.25) is 0 Å². The number of halogens is 2. The SMILES string of the molecule is COc1cc2c(Nc3ccc(Cl)c(Cl)c3)ncnc2cc1OCC1CN(C(=N)N2CCCCC2)CCO1. The average Bonchev–Trinajstić information content (AvgIpc) is 2.94. The van der Waals surface area contributed by atoms with Gasteiger partial charge in [0, 0.05) is 36.8 Å². The first kappa shape index (κ1) is 25.6. The number of guanidine groups is 1. The summed E-state index contributed by atoms with van der Waals surface area (Å²) in [5.74, 6) is 2.33. The number of piperidine rings is 1. The number of aromatic nitrogens is 2. The van der Waals surface area contributed by atoms with Crippen molar-refractivity contribution in [2.75, 3.05) is 51.8 Å². The predicted molar refractivity (Wildman–Crippen MR) is 146 cm³/mol. The normalized spacial score (nSPS) is 18.1. The molecule has 2 aliphatic heterocycles. The van der Waals surface area contributed by atoms with Gasteiger partial charge < -0.3 is 29.3 Å². The Morgan fingerprint density at radius 3 is 2.68 bits per heavy atom. The van der Waals surface area contributed by atoms with Gasteiger partial charge in [-0.2, -0.15) is 0 Å². The summed E-state index contributed by atoms with van der Waals surface area (Å²) < 4.78 is 17.7. The second-order valence-electron chi connectivity index (χ2n) is 9.12. The van der Waals surface area contributed by atoms with Crippen LogP contribution in [-0.2, 0) is 4.74 Å². The van der Waals surface area contributed by atoms with Crippen LogP contribution < -0.4 is 14.8 Å². The summed E-state index contributed by atoms with van der Waals surface area (Å²) in [5, 5.41) is 13.6. The van der Waals surface area contributed by atoms with Gasteiger partial charge in [-0.3, -0.25) is 5.41 Å². The minimum absolute atomic E-state index is 0.156. The van der Waals surface area contributed by atoms with Crippen LogP contribution in [0, 0.1) is 5.41 Å². The standard InChI is InChI=1S/C26H30Cl2N6O3/c1-35-23-12-19-22(30-16-31-25(19)32-17-5-6-20(27)21(28)11-17)13-24(23)37-15-18-14-34(9-10-36-18)26(29)33-7-3-2-4-8-33/h5-6,11-13,16,18,29H,2-4,7-10,14-15H2,1H3,(H,30,31,32). The summed E-state index contributed by atoms with van der Waals surface area (Å²) >= 11 is 12.2. The van der Waals surface area contributed by atoms with Crippen molar-refractivity contribution in [3.05, 3.63) is 46.7 Å². The van der Waals surface area contributed by atoms with Gasteiger partial charge in [-0.05, 0) is 43.5 Å². The number of anilines is 2. The molecule has 1 atom stereocenters. The topological polar surface area (TPSA) is 95.8 Å². The van der Waals surface area contributed by atoms with Crippen LogP contribution in [0.3, 0.4) is 0 Å². The molecule has 0 aliphatic carbocycles. The molecule has 37 heavy (non-hydrogen) atoms. The van der Waals surface area contributed by atoms with E-state index in [1.165, 1.54) is 12.7 Å². The summed E-state index contributed by atoms with van der Waals surface area (Å²) in [6.07, 6.45) is 4.88. The maximum atomic E-state index is 8.64. The molecule has 1 aromatic heterocycles. The van der Waals surface area contributed by atoms with Crippen LogP contribution in [-0.4, -0.2) is 78.3 Å². The molecular weight excluding hydrogens is 515 g/mol. The number of nitrogens with one attached hydrogen (secondary N) is 2. The van der Waals surface area contributed by atoms with Gasteiger partial charge in [0.15, 0.2) is 17.5 Å². The van der Waals surface area contributed by atoms with E-state index in [0.29, 0.717) is 58.6 Å². The fourth-order valence-electron chi connectivity index (χ4n) is 4.65. The van der Waals surface area contributed by atoms with Gasteiger partial charge in [-0.15, -0.1) is 0 Å². The highest BCUT2D eigenvalue weighted by Crippen LogP contribution is 2.35. The van der Waals surface area contributed by atoms with Gasteiger partial charge in [0.05, 0.1) is 35.8 Å². The van der Waals surface area contributed by atoms with Gasteiger partial charge in [-0.1, -0.05) is 23.2 Å². The van der Waals surface area contributed by atoms with Crippen LogP contribution >= 0.6 is 23.2 Å². The number of hydrogen-bond donors (Lipinski definition) is 2. The molecule has 5 rings (SSSR count). The highest BCUT2D eigenvalue weighted by molar-refractivity contribution is 6.42. The lowest BCUT2D eigenvalue weighted by molar-refractivity contribution is -0.0324. The molecule has 0 bridgehead atoms. The zero-order valence-corrected chi connectivity index (χ0v) is 22.2. The molecule has 0 radical (unpaired) electrons. The van der Waals surface area contributed by atoms with E-state index in [-0.39, 0.29) is 6.10 Å². The minimum atomic E-state index is -0.156. The van der Waals surface area contributed by atoms with Crippen molar-refractivity contribution in [1.29, 1.82) is 5.41 Å². The third kappa shape index (κ3) is 5.95. The van der Waals surface area contributed by atoms with E-state index >= 15 is 0 Å². The summed E-state index contributed by atoms with van der Waals surface area (Å²) in [4.78, 5) is 13.1.